The van der Waals surface area contributed by atoms with Gasteiger partial charge in [-0.1, -0.05) is 18.2 Å². The Bertz CT molecular complexity index is 1010. The normalized spacial score (nSPS) is 16.6. The summed E-state index contributed by atoms with van der Waals surface area (Å²) in [5.74, 6) is -4.28. The van der Waals surface area contributed by atoms with E-state index < -0.39 is 48.2 Å². The van der Waals surface area contributed by atoms with Gasteiger partial charge in [0.15, 0.2) is 0 Å². The van der Waals surface area contributed by atoms with Gasteiger partial charge in [-0.05, 0) is 61.1 Å². The molecular weight excluding hydrogens is 474 g/mol. The average Bonchev–Trinajstić information content (AvgIpc) is 3.23. The Hall–Kier alpha value is -3.47. The fourth-order valence-electron chi connectivity index (χ4n) is 3.59. The van der Waals surface area contributed by atoms with Crippen molar-refractivity contribution in [1.82, 2.24) is 10.6 Å². The van der Waals surface area contributed by atoms with E-state index >= 15 is 0 Å². The van der Waals surface area contributed by atoms with Gasteiger partial charge >= 0.3 is 11.9 Å². The van der Waals surface area contributed by atoms with E-state index in [0.29, 0.717) is 6.42 Å². The molecular formula is C24H31N3O7S. The molecule has 1 aromatic heterocycles. The number of carbonyl (C=O) groups excluding carboxylic acids is 3. The van der Waals surface area contributed by atoms with Crippen LogP contribution in [0.2, 0.25) is 0 Å². The molecule has 0 saturated carbocycles. The summed E-state index contributed by atoms with van der Waals surface area (Å²) in [6, 6.07) is -0.314. The van der Waals surface area contributed by atoms with E-state index in [0.717, 1.165) is 12.0 Å². The third-order valence-corrected chi connectivity index (χ3v) is 6.65. The third kappa shape index (κ3) is 9.73. The number of nitrogens with one attached hydrogen (secondary N) is 2. The highest BCUT2D eigenvalue weighted by atomic mass is 32.1. The van der Waals surface area contributed by atoms with Crippen LogP contribution in [-0.2, 0) is 24.0 Å². The molecule has 10 nitrogen and oxygen atoms in total. The van der Waals surface area contributed by atoms with Crippen molar-refractivity contribution in [2.75, 3.05) is 0 Å². The zero-order valence-corrected chi connectivity index (χ0v) is 20.3. The van der Waals surface area contributed by atoms with E-state index in [1.165, 1.54) is 10.4 Å². The molecule has 1 aliphatic rings. The molecule has 1 unspecified atom stereocenters. The minimum Gasteiger partial charge on any atom is -0.481 e. The first-order valence-corrected chi connectivity index (χ1v) is 12.2. The quantitative estimate of drug-likeness (QED) is 0.257. The summed E-state index contributed by atoms with van der Waals surface area (Å²) >= 11 is 1.68. The molecule has 0 aromatic carbocycles. The second-order valence-corrected chi connectivity index (χ2v) is 9.40. The fraction of sp³-hybridized carbons (Fsp3) is 0.458. The zero-order valence-electron chi connectivity index (χ0n) is 19.5. The van der Waals surface area contributed by atoms with Crippen molar-refractivity contribution in [3.05, 3.63) is 40.1 Å². The highest BCUT2D eigenvalue weighted by Gasteiger charge is 2.27. The number of carboxylic acids is 2. The van der Waals surface area contributed by atoms with Crippen molar-refractivity contribution in [2.45, 2.75) is 64.0 Å². The minimum atomic E-state index is -1.25. The molecule has 2 rings (SSSR count). The topological polar surface area (TPSA) is 176 Å². The summed E-state index contributed by atoms with van der Waals surface area (Å²) in [5.41, 5.74) is 7.60. The summed E-state index contributed by atoms with van der Waals surface area (Å²) in [7, 11) is 0. The first kappa shape index (κ1) is 27.8. The number of carbonyl (C=O) groups is 5. The predicted octanol–water partition coefficient (Wildman–Crippen LogP) is 1.98. The van der Waals surface area contributed by atoms with Crippen LogP contribution in [0.5, 0.6) is 0 Å². The number of hydrogen-bond donors (Lipinski definition) is 5. The largest absolute Gasteiger partial charge is 0.481 e. The van der Waals surface area contributed by atoms with Crippen LogP contribution in [0.3, 0.4) is 0 Å². The lowest BCUT2D eigenvalue weighted by molar-refractivity contribution is -0.139. The van der Waals surface area contributed by atoms with Crippen LogP contribution in [0.1, 0.15) is 55.4 Å². The number of amides is 3. The molecule has 1 aliphatic carbocycles. The van der Waals surface area contributed by atoms with Gasteiger partial charge in [0, 0.05) is 24.1 Å². The Morgan fingerprint density at radius 2 is 1.71 bits per heavy atom. The summed E-state index contributed by atoms with van der Waals surface area (Å²) < 4.78 is 0. The second kappa shape index (κ2) is 13.4. The second-order valence-electron chi connectivity index (χ2n) is 8.49. The van der Waals surface area contributed by atoms with Crippen LogP contribution >= 0.6 is 11.3 Å². The minimum absolute atomic E-state index is 0.130. The third-order valence-electron chi connectivity index (χ3n) is 5.55. The van der Waals surface area contributed by atoms with Crippen molar-refractivity contribution in [3.8, 4) is 0 Å². The van der Waals surface area contributed by atoms with E-state index in [4.69, 9.17) is 15.9 Å². The monoisotopic (exact) mass is 505 g/mol. The molecule has 3 amide bonds. The van der Waals surface area contributed by atoms with Crippen molar-refractivity contribution in [3.63, 3.8) is 0 Å². The maximum absolute atomic E-state index is 12.6. The van der Waals surface area contributed by atoms with Gasteiger partial charge in [-0.25, -0.2) is 0 Å². The summed E-state index contributed by atoms with van der Waals surface area (Å²) in [6.45, 7) is 2.04. The Balaban J connectivity index is 1.90. The summed E-state index contributed by atoms with van der Waals surface area (Å²) in [6.07, 6.45) is 6.52. The molecule has 1 heterocycles. The molecule has 11 heteroatoms. The van der Waals surface area contributed by atoms with E-state index in [1.807, 2.05) is 13.0 Å². The number of aryl methyl sites for hydroxylation is 1. The van der Waals surface area contributed by atoms with Gasteiger partial charge in [0.1, 0.15) is 12.1 Å². The number of carboxylic acid groups (broad SMARTS) is 2. The first-order chi connectivity index (χ1) is 16.5. The first-order valence-electron chi connectivity index (χ1n) is 11.3. The Kier molecular flexibility index (Phi) is 10.7. The van der Waals surface area contributed by atoms with Crippen LogP contribution in [0, 0.1) is 12.8 Å². The maximum Gasteiger partial charge on any atom is 0.303 e. The van der Waals surface area contributed by atoms with Crippen LogP contribution in [0.25, 0.3) is 5.57 Å². The Morgan fingerprint density at radius 1 is 1.06 bits per heavy atom. The molecule has 1 aromatic rings. The summed E-state index contributed by atoms with van der Waals surface area (Å²) in [4.78, 5) is 59.7. The van der Waals surface area contributed by atoms with Gasteiger partial charge in [-0.3, -0.25) is 24.0 Å². The number of hydrogen-bond acceptors (Lipinski definition) is 6. The molecule has 35 heavy (non-hydrogen) atoms. The van der Waals surface area contributed by atoms with Crippen LogP contribution in [0.15, 0.2) is 29.7 Å². The molecule has 0 fully saturated rings. The predicted molar refractivity (Wildman–Crippen MR) is 130 cm³/mol. The van der Waals surface area contributed by atoms with Crippen LogP contribution < -0.4 is 16.4 Å². The molecule has 3 atom stereocenters. The molecule has 190 valence electrons. The van der Waals surface area contributed by atoms with E-state index in [1.54, 1.807) is 11.3 Å². The van der Waals surface area contributed by atoms with Crippen molar-refractivity contribution < 1.29 is 34.2 Å². The van der Waals surface area contributed by atoms with Gasteiger partial charge < -0.3 is 26.6 Å². The Morgan fingerprint density at radius 3 is 2.23 bits per heavy atom. The lowest BCUT2D eigenvalue weighted by Crippen LogP contribution is -2.53. The van der Waals surface area contributed by atoms with Crippen LogP contribution in [-0.4, -0.2) is 52.0 Å². The Labute approximate surface area is 207 Å². The highest BCUT2D eigenvalue weighted by molar-refractivity contribution is 7.11. The van der Waals surface area contributed by atoms with Crippen molar-refractivity contribution >= 4 is 46.6 Å². The SMILES string of the molecule is Cc1csc(C2=CCC(CCC(=O)N[C@@H](CCC(=O)O)C(=O)N[C@@H](CCC(=O)O)C(N)=O)C=C2)c1. The standard InChI is InChI=1S/C24H31N3O7S/c1-14-12-19(35-13-14)16-5-2-15(3-6-16)4-9-20(28)26-18(8-11-22(31)32)24(34)27-17(23(25)33)7-10-21(29)30/h2,5-6,12-13,15,17-18H,3-4,7-11H2,1H3,(H2,25,33)(H,26,28)(H,27,34)(H,29,30)(H,31,32)/t15?,17-,18-/m0/s1. The smallest absolute Gasteiger partial charge is 0.303 e. The molecule has 0 radical (unpaired) electrons. The average molecular weight is 506 g/mol. The van der Waals surface area contributed by atoms with Crippen molar-refractivity contribution in [1.29, 1.82) is 0 Å². The number of aliphatic carboxylic acids is 2. The number of thiophene rings is 1. The van der Waals surface area contributed by atoms with E-state index in [-0.39, 0.29) is 31.6 Å². The maximum atomic E-state index is 12.6. The molecule has 0 aliphatic heterocycles. The number of allylic oxidation sites excluding steroid dienone is 4. The van der Waals surface area contributed by atoms with Gasteiger partial charge in [-0.2, -0.15) is 0 Å². The number of primary amides is 1. The van der Waals surface area contributed by atoms with Gasteiger partial charge in [0.05, 0.1) is 0 Å². The molecule has 0 saturated heterocycles. The van der Waals surface area contributed by atoms with Gasteiger partial charge in [0.25, 0.3) is 0 Å². The lowest BCUT2D eigenvalue weighted by atomic mass is 9.92. The van der Waals surface area contributed by atoms with Crippen LogP contribution in [0.4, 0.5) is 0 Å². The highest BCUT2D eigenvalue weighted by Crippen LogP contribution is 2.30. The summed E-state index contributed by atoms with van der Waals surface area (Å²) in [5, 5.41) is 24.7. The molecule has 6 N–H and O–H groups in total. The molecule has 0 spiro atoms. The van der Waals surface area contributed by atoms with Gasteiger partial charge in [-0.15, -0.1) is 11.3 Å². The zero-order chi connectivity index (χ0) is 26.0. The van der Waals surface area contributed by atoms with E-state index in [9.17, 15) is 24.0 Å². The van der Waals surface area contributed by atoms with Crippen molar-refractivity contribution in [2.24, 2.45) is 11.7 Å². The van der Waals surface area contributed by atoms with E-state index in [2.05, 4.69) is 34.2 Å². The number of nitrogens with two attached hydrogens (primary N) is 1. The molecule has 0 bridgehead atoms. The lowest BCUT2D eigenvalue weighted by Gasteiger charge is -2.22. The fourth-order valence-corrected chi connectivity index (χ4v) is 4.51. The van der Waals surface area contributed by atoms with Gasteiger partial charge in [0.2, 0.25) is 17.7 Å². The number of rotatable bonds is 14.